The molecular weight excluding hydrogens is 392 g/mol. The second kappa shape index (κ2) is 7.76. The number of carbonyl (C=O) groups excluding carboxylic acids is 2. The molecule has 0 saturated carbocycles. The van der Waals surface area contributed by atoms with E-state index in [-0.39, 0.29) is 12.5 Å². The Hall–Kier alpha value is -3.28. The number of likely N-dealkylation sites (tertiary alicyclic amines) is 1. The van der Waals surface area contributed by atoms with Crippen LogP contribution in [0.5, 0.6) is 0 Å². The third-order valence-corrected chi connectivity index (χ3v) is 5.68. The Morgan fingerprint density at radius 2 is 1.65 bits per heavy atom. The third-order valence-electron chi connectivity index (χ3n) is 5.68. The summed E-state index contributed by atoms with van der Waals surface area (Å²) in [5.74, 6) is -0.00233. The molecule has 1 N–H and O–H groups in total. The summed E-state index contributed by atoms with van der Waals surface area (Å²) in [5, 5.41) is 2.87. The molecule has 2 amide bonds. The minimum Gasteiger partial charge on any atom is -0.449 e. The zero-order valence-corrected chi connectivity index (χ0v) is 18.2. The van der Waals surface area contributed by atoms with Gasteiger partial charge in [-0.05, 0) is 43.0 Å². The predicted molar refractivity (Wildman–Crippen MR) is 119 cm³/mol. The predicted octanol–water partition coefficient (Wildman–Crippen LogP) is 4.70. The quantitative estimate of drug-likeness (QED) is 0.728. The van der Waals surface area contributed by atoms with Crippen LogP contribution < -0.4 is 5.32 Å². The van der Waals surface area contributed by atoms with Gasteiger partial charge in [0, 0.05) is 5.92 Å². The summed E-state index contributed by atoms with van der Waals surface area (Å²) in [6.45, 7) is 10.1. The van der Waals surface area contributed by atoms with E-state index >= 15 is 0 Å². The Labute approximate surface area is 182 Å². The molecule has 6 heteroatoms. The first-order chi connectivity index (χ1) is 14.7. The molecule has 0 radical (unpaired) electrons. The zero-order valence-electron chi connectivity index (χ0n) is 18.2. The lowest BCUT2D eigenvalue weighted by Crippen LogP contribution is -2.70. The average Bonchev–Trinajstić information content (AvgIpc) is 3.01. The van der Waals surface area contributed by atoms with Crippen LogP contribution in [0.25, 0.3) is 11.1 Å². The molecule has 6 nitrogen and oxygen atoms in total. The summed E-state index contributed by atoms with van der Waals surface area (Å²) < 4.78 is 11.0. The summed E-state index contributed by atoms with van der Waals surface area (Å²) in [6.07, 6.45) is 0.722. The second-order valence-corrected chi connectivity index (χ2v) is 9.15. The number of alkyl carbamates (subject to hydrolysis) is 1. The van der Waals surface area contributed by atoms with Crippen molar-refractivity contribution >= 4 is 12.2 Å². The molecule has 2 aliphatic rings. The van der Waals surface area contributed by atoms with Crippen molar-refractivity contribution in [1.29, 1.82) is 0 Å². The fraction of sp³-hybridized carbons (Fsp3) is 0.360. The Morgan fingerprint density at radius 1 is 1.10 bits per heavy atom. The Bertz CT molecular complexity index is 973. The van der Waals surface area contributed by atoms with Crippen molar-refractivity contribution in [3.8, 4) is 11.1 Å². The van der Waals surface area contributed by atoms with Gasteiger partial charge in [0.1, 0.15) is 12.2 Å². The number of benzene rings is 2. The Morgan fingerprint density at radius 3 is 2.16 bits per heavy atom. The lowest BCUT2D eigenvalue weighted by Gasteiger charge is -2.48. The number of hydrogen-bond donors (Lipinski definition) is 1. The van der Waals surface area contributed by atoms with Gasteiger partial charge in [-0.3, -0.25) is 0 Å². The van der Waals surface area contributed by atoms with Crippen molar-refractivity contribution < 1.29 is 19.1 Å². The van der Waals surface area contributed by atoms with Gasteiger partial charge in [0.15, 0.2) is 0 Å². The summed E-state index contributed by atoms with van der Waals surface area (Å²) in [6, 6.07) is 16.4. The molecule has 1 fully saturated rings. The van der Waals surface area contributed by atoms with Crippen LogP contribution in [0.15, 0.2) is 61.2 Å². The fourth-order valence-electron chi connectivity index (χ4n) is 4.19. The van der Waals surface area contributed by atoms with Crippen LogP contribution in [-0.2, 0) is 9.47 Å². The molecule has 0 aromatic heterocycles. The SMILES string of the molecule is C=CC1(NC(=O)OCC2c3ccccc3-c3ccccc32)CN(C(=O)OC(C)(C)C)C1. The lowest BCUT2D eigenvalue weighted by molar-refractivity contribution is -0.00663. The number of carbonyl (C=O) groups is 2. The molecule has 31 heavy (non-hydrogen) atoms. The van der Waals surface area contributed by atoms with E-state index in [4.69, 9.17) is 9.47 Å². The topological polar surface area (TPSA) is 67.9 Å². The van der Waals surface area contributed by atoms with Crippen LogP contribution >= 0.6 is 0 Å². The van der Waals surface area contributed by atoms with Crippen LogP contribution in [0, 0.1) is 0 Å². The number of nitrogens with one attached hydrogen (secondary N) is 1. The van der Waals surface area contributed by atoms with Crippen LogP contribution in [0.1, 0.15) is 37.8 Å². The van der Waals surface area contributed by atoms with Gasteiger partial charge in [0.25, 0.3) is 0 Å². The molecule has 2 aromatic carbocycles. The van der Waals surface area contributed by atoms with Gasteiger partial charge in [0.2, 0.25) is 0 Å². The number of hydrogen-bond acceptors (Lipinski definition) is 4. The molecule has 2 aromatic rings. The third kappa shape index (κ3) is 4.15. The van der Waals surface area contributed by atoms with E-state index in [1.54, 1.807) is 6.08 Å². The van der Waals surface area contributed by atoms with E-state index in [1.807, 2.05) is 45.0 Å². The molecule has 0 atom stereocenters. The first-order valence-electron chi connectivity index (χ1n) is 10.5. The summed E-state index contributed by atoms with van der Waals surface area (Å²) in [5.41, 5.74) is 3.41. The molecule has 4 rings (SSSR count). The summed E-state index contributed by atoms with van der Waals surface area (Å²) in [4.78, 5) is 26.3. The minimum absolute atomic E-state index is 0.00233. The van der Waals surface area contributed by atoms with Crippen molar-refractivity contribution in [2.45, 2.75) is 37.8 Å². The van der Waals surface area contributed by atoms with Crippen molar-refractivity contribution in [2.24, 2.45) is 0 Å². The van der Waals surface area contributed by atoms with Crippen LogP contribution in [0.3, 0.4) is 0 Å². The van der Waals surface area contributed by atoms with Crippen LogP contribution in [-0.4, -0.2) is 47.9 Å². The van der Waals surface area contributed by atoms with E-state index in [0.29, 0.717) is 13.1 Å². The highest BCUT2D eigenvalue weighted by Gasteiger charge is 2.46. The minimum atomic E-state index is -0.709. The van der Waals surface area contributed by atoms with Crippen molar-refractivity contribution in [2.75, 3.05) is 19.7 Å². The molecule has 0 unspecified atom stereocenters. The van der Waals surface area contributed by atoms with Gasteiger partial charge < -0.3 is 19.7 Å². The maximum Gasteiger partial charge on any atom is 0.410 e. The zero-order chi connectivity index (χ0) is 22.2. The monoisotopic (exact) mass is 420 g/mol. The lowest BCUT2D eigenvalue weighted by atomic mass is 9.90. The number of nitrogens with zero attached hydrogens (tertiary/aromatic N) is 1. The number of rotatable bonds is 4. The highest BCUT2D eigenvalue weighted by atomic mass is 16.6. The van der Waals surface area contributed by atoms with E-state index < -0.39 is 23.3 Å². The molecule has 1 saturated heterocycles. The van der Waals surface area contributed by atoms with Gasteiger partial charge in [-0.25, -0.2) is 9.59 Å². The first-order valence-corrected chi connectivity index (χ1v) is 10.5. The molecular formula is C25H28N2O4. The fourth-order valence-corrected chi connectivity index (χ4v) is 4.19. The number of amides is 2. The average molecular weight is 421 g/mol. The largest absolute Gasteiger partial charge is 0.449 e. The molecule has 0 bridgehead atoms. The van der Waals surface area contributed by atoms with Crippen molar-refractivity contribution in [3.63, 3.8) is 0 Å². The molecule has 1 aliphatic carbocycles. The molecule has 0 spiro atoms. The smallest absolute Gasteiger partial charge is 0.410 e. The molecule has 1 heterocycles. The van der Waals surface area contributed by atoms with E-state index in [9.17, 15) is 9.59 Å². The Balaban J connectivity index is 1.37. The van der Waals surface area contributed by atoms with E-state index in [1.165, 1.54) is 16.0 Å². The van der Waals surface area contributed by atoms with Crippen molar-refractivity contribution in [3.05, 3.63) is 72.3 Å². The van der Waals surface area contributed by atoms with Gasteiger partial charge >= 0.3 is 12.2 Å². The number of fused-ring (bicyclic) bond motifs is 3. The highest BCUT2D eigenvalue weighted by molar-refractivity contribution is 5.79. The summed E-state index contributed by atoms with van der Waals surface area (Å²) >= 11 is 0. The van der Waals surface area contributed by atoms with Crippen molar-refractivity contribution in [1.82, 2.24) is 10.2 Å². The van der Waals surface area contributed by atoms with Crippen LogP contribution in [0.4, 0.5) is 9.59 Å². The van der Waals surface area contributed by atoms with Gasteiger partial charge in [-0.2, -0.15) is 0 Å². The normalized spacial score (nSPS) is 16.5. The van der Waals surface area contributed by atoms with E-state index in [0.717, 1.165) is 11.1 Å². The molecule has 162 valence electrons. The second-order valence-electron chi connectivity index (χ2n) is 9.15. The number of ether oxygens (including phenoxy) is 2. The standard InChI is InChI=1S/C25H28N2O4/c1-5-25(15-27(16-25)23(29)31-24(2,3)4)26-22(28)30-14-21-19-12-8-6-10-17(19)18-11-7-9-13-20(18)21/h5-13,21H,1,14-16H2,2-4H3,(H,26,28). The van der Waals surface area contributed by atoms with E-state index in [2.05, 4.69) is 36.2 Å². The van der Waals surface area contributed by atoms with Crippen LogP contribution in [0.2, 0.25) is 0 Å². The van der Waals surface area contributed by atoms with Gasteiger partial charge in [0.05, 0.1) is 18.6 Å². The van der Waals surface area contributed by atoms with Gasteiger partial charge in [-0.1, -0.05) is 54.6 Å². The summed E-state index contributed by atoms with van der Waals surface area (Å²) in [7, 11) is 0. The first kappa shape index (κ1) is 21.0. The molecule has 1 aliphatic heterocycles. The Kier molecular flexibility index (Phi) is 5.25. The highest BCUT2D eigenvalue weighted by Crippen LogP contribution is 2.44. The maximum atomic E-state index is 12.6. The van der Waals surface area contributed by atoms with Gasteiger partial charge in [-0.15, -0.1) is 6.58 Å². The maximum absolute atomic E-state index is 12.6.